The topological polar surface area (TPSA) is 71.8 Å². The Morgan fingerprint density at radius 2 is 2.05 bits per heavy atom. The van der Waals surface area contributed by atoms with Gasteiger partial charge in [0.15, 0.2) is 5.56 Å². The van der Waals surface area contributed by atoms with Crippen LogP contribution in [-0.4, -0.2) is 16.0 Å². The normalized spacial score (nSPS) is 10.7. The Kier molecular flexibility index (Phi) is 3.28. The average molecular weight is 297 g/mol. The van der Waals surface area contributed by atoms with E-state index >= 15 is 0 Å². The van der Waals surface area contributed by atoms with Crippen molar-refractivity contribution in [1.29, 1.82) is 5.26 Å². The van der Waals surface area contributed by atoms with Gasteiger partial charge in [0.1, 0.15) is 6.07 Å². The molecule has 3 aromatic rings. The molecule has 0 atom stereocenters. The summed E-state index contributed by atoms with van der Waals surface area (Å²) >= 11 is 1.35. The first-order valence-corrected chi connectivity index (χ1v) is 7.45. The molecular formula is C15H11N3O2S. The monoisotopic (exact) mass is 297 g/mol. The molecular weight excluding hydrogens is 286 g/mol. The molecule has 0 radical (unpaired) electrons. The molecule has 0 bridgehead atoms. The second-order valence-electron chi connectivity index (χ2n) is 4.42. The minimum absolute atomic E-state index is 0.0331. The highest BCUT2D eigenvalue weighted by molar-refractivity contribution is 7.98. The van der Waals surface area contributed by atoms with Gasteiger partial charge >= 0.3 is 5.63 Å². The number of aryl methyl sites for hydroxylation is 1. The summed E-state index contributed by atoms with van der Waals surface area (Å²) in [6.07, 6.45) is 1.83. The van der Waals surface area contributed by atoms with Crippen LogP contribution >= 0.6 is 11.8 Å². The van der Waals surface area contributed by atoms with E-state index in [1.54, 1.807) is 4.68 Å². The van der Waals surface area contributed by atoms with Crippen LogP contribution in [0.4, 0.5) is 0 Å². The third-order valence-electron chi connectivity index (χ3n) is 3.18. The number of hydrogen-bond acceptors (Lipinski definition) is 5. The number of hydrogen-bond donors (Lipinski definition) is 0. The van der Waals surface area contributed by atoms with Crippen molar-refractivity contribution >= 4 is 22.9 Å². The van der Waals surface area contributed by atoms with Gasteiger partial charge in [-0.05, 0) is 25.3 Å². The van der Waals surface area contributed by atoms with Crippen LogP contribution in [0.2, 0.25) is 0 Å². The van der Waals surface area contributed by atoms with Gasteiger partial charge in [0.05, 0.1) is 16.8 Å². The van der Waals surface area contributed by atoms with Crippen LogP contribution in [0.1, 0.15) is 11.3 Å². The van der Waals surface area contributed by atoms with Gasteiger partial charge in [-0.1, -0.05) is 18.2 Å². The summed E-state index contributed by atoms with van der Waals surface area (Å²) < 4.78 is 6.93. The molecule has 2 aromatic heterocycles. The summed E-state index contributed by atoms with van der Waals surface area (Å²) in [6, 6.07) is 11.3. The van der Waals surface area contributed by atoms with Crippen molar-refractivity contribution in [3.63, 3.8) is 0 Å². The largest absolute Gasteiger partial charge is 0.402 e. The van der Waals surface area contributed by atoms with E-state index in [2.05, 4.69) is 5.10 Å². The van der Waals surface area contributed by atoms with E-state index in [0.29, 0.717) is 16.0 Å². The number of para-hydroxylation sites is 1. The molecule has 1 aromatic carbocycles. The van der Waals surface area contributed by atoms with E-state index in [1.807, 2.05) is 49.6 Å². The fraction of sp³-hybridized carbons (Fsp3) is 0.133. The summed E-state index contributed by atoms with van der Waals surface area (Å²) in [6.45, 7) is 1.84. The number of nitrogens with zero attached hydrogens (tertiary/aromatic N) is 3. The van der Waals surface area contributed by atoms with Crippen molar-refractivity contribution in [2.45, 2.75) is 11.8 Å². The van der Waals surface area contributed by atoms with Crippen molar-refractivity contribution in [3.8, 4) is 11.8 Å². The van der Waals surface area contributed by atoms with E-state index < -0.39 is 5.63 Å². The van der Waals surface area contributed by atoms with E-state index in [1.165, 1.54) is 11.8 Å². The summed E-state index contributed by atoms with van der Waals surface area (Å²) in [5, 5.41) is 14.3. The van der Waals surface area contributed by atoms with Crippen molar-refractivity contribution in [1.82, 2.24) is 9.78 Å². The molecule has 0 aliphatic heterocycles. The SMILES string of the molecule is CSc1c(C#N)c(=O)oc2c1c(C)nn2-c1ccccc1. The van der Waals surface area contributed by atoms with Gasteiger partial charge in [-0.2, -0.15) is 15.0 Å². The van der Waals surface area contributed by atoms with Gasteiger partial charge in [-0.25, -0.2) is 4.79 Å². The van der Waals surface area contributed by atoms with Crippen LogP contribution in [0.25, 0.3) is 16.8 Å². The fourth-order valence-corrected chi connectivity index (χ4v) is 3.04. The lowest BCUT2D eigenvalue weighted by molar-refractivity contribution is 0.530. The van der Waals surface area contributed by atoms with Gasteiger partial charge in [-0.3, -0.25) is 0 Å². The number of benzene rings is 1. The number of rotatable bonds is 2. The summed E-state index contributed by atoms with van der Waals surface area (Å²) in [5.41, 5.74) is 1.29. The van der Waals surface area contributed by atoms with Crippen molar-refractivity contribution < 1.29 is 4.42 Å². The molecule has 3 rings (SSSR count). The van der Waals surface area contributed by atoms with Gasteiger partial charge in [0.25, 0.3) is 0 Å². The number of nitriles is 1. The highest BCUT2D eigenvalue weighted by Crippen LogP contribution is 2.31. The standard InChI is InChI=1S/C15H11N3O2S/c1-9-12-13(21-2)11(8-16)15(19)20-14(12)18(17-9)10-6-4-3-5-7-10/h3-7H,1-2H3. The Hall–Kier alpha value is -2.52. The molecule has 0 fully saturated rings. The maximum atomic E-state index is 12.0. The summed E-state index contributed by atoms with van der Waals surface area (Å²) in [5.74, 6) is 0. The van der Waals surface area contributed by atoms with Crippen LogP contribution < -0.4 is 5.63 Å². The zero-order valence-electron chi connectivity index (χ0n) is 11.5. The van der Waals surface area contributed by atoms with Crippen LogP contribution in [0, 0.1) is 18.3 Å². The Morgan fingerprint density at radius 3 is 2.67 bits per heavy atom. The smallest absolute Gasteiger partial charge is 0.356 e. The van der Waals surface area contributed by atoms with E-state index in [4.69, 9.17) is 9.68 Å². The quantitative estimate of drug-likeness (QED) is 0.680. The Morgan fingerprint density at radius 1 is 1.33 bits per heavy atom. The first kappa shape index (κ1) is 13.5. The van der Waals surface area contributed by atoms with Crippen molar-refractivity contribution in [2.75, 3.05) is 6.26 Å². The van der Waals surface area contributed by atoms with Crippen LogP contribution in [0.5, 0.6) is 0 Å². The lowest BCUT2D eigenvalue weighted by Gasteiger charge is -2.03. The van der Waals surface area contributed by atoms with Gasteiger partial charge in [0.2, 0.25) is 5.71 Å². The molecule has 2 heterocycles. The minimum atomic E-state index is -0.633. The van der Waals surface area contributed by atoms with Gasteiger partial charge < -0.3 is 4.42 Å². The lowest BCUT2D eigenvalue weighted by Crippen LogP contribution is -2.07. The van der Waals surface area contributed by atoms with E-state index in [0.717, 1.165) is 11.4 Å². The molecule has 0 spiro atoms. The summed E-state index contributed by atoms with van der Waals surface area (Å²) in [4.78, 5) is 12.6. The second-order valence-corrected chi connectivity index (χ2v) is 5.24. The molecule has 0 saturated heterocycles. The molecule has 104 valence electrons. The molecule has 0 aliphatic carbocycles. The fourth-order valence-electron chi connectivity index (χ4n) is 2.26. The first-order chi connectivity index (χ1) is 10.2. The zero-order chi connectivity index (χ0) is 15.0. The number of fused-ring (bicyclic) bond motifs is 1. The van der Waals surface area contributed by atoms with Crippen molar-refractivity contribution in [3.05, 3.63) is 52.0 Å². The van der Waals surface area contributed by atoms with Gasteiger partial charge in [-0.15, -0.1) is 11.8 Å². The predicted octanol–water partition coefficient (Wildman–Crippen LogP) is 2.88. The highest BCUT2D eigenvalue weighted by Gasteiger charge is 2.20. The molecule has 0 amide bonds. The third kappa shape index (κ3) is 2.03. The maximum Gasteiger partial charge on any atom is 0.356 e. The predicted molar refractivity (Wildman–Crippen MR) is 80.8 cm³/mol. The Balaban J connectivity index is 2.45. The van der Waals surface area contributed by atoms with Crippen molar-refractivity contribution in [2.24, 2.45) is 0 Å². The Labute approximate surface area is 124 Å². The zero-order valence-corrected chi connectivity index (χ0v) is 12.3. The number of thioether (sulfide) groups is 1. The Bertz CT molecular complexity index is 920. The molecule has 21 heavy (non-hydrogen) atoms. The highest BCUT2D eigenvalue weighted by atomic mass is 32.2. The average Bonchev–Trinajstić information content (AvgIpc) is 2.83. The van der Waals surface area contributed by atoms with E-state index in [-0.39, 0.29) is 5.56 Å². The second kappa shape index (κ2) is 5.11. The first-order valence-electron chi connectivity index (χ1n) is 6.23. The molecule has 0 aliphatic rings. The maximum absolute atomic E-state index is 12.0. The number of aromatic nitrogens is 2. The van der Waals surface area contributed by atoms with Crippen LogP contribution in [0.15, 0.2) is 44.4 Å². The lowest BCUT2D eigenvalue weighted by atomic mass is 10.2. The molecule has 0 saturated carbocycles. The van der Waals surface area contributed by atoms with Gasteiger partial charge in [0, 0.05) is 4.90 Å². The van der Waals surface area contributed by atoms with Crippen LogP contribution in [-0.2, 0) is 0 Å². The third-order valence-corrected chi connectivity index (χ3v) is 4.00. The molecule has 6 heteroatoms. The van der Waals surface area contributed by atoms with E-state index in [9.17, 15) is 4.79 Å². The molecule has 0 unspecified atom stereocenters. The molecule has 0 N–H and O–H groups in total. The molecule has 5 nitrogen and oxygen atoms in total. The van der Waals surface area contributed by atoms with Crippen LogP contribution in [0.3, 0.4) is 0 Å². The minimum Gasteiger partial charge on any atom is -0.402 e. The summed E-state index contributed by atoms with van der Waals surface area (Å²) in [7, 11) is 0.